The van der Waals surface area contributed by atoms with E-state index in [1.54, 1.807) is 36.8 Å². The van der Waals surface area contributed by atoms with Crippen molar-refractivity contribution in [3.05, 3.63) is 153 Å². The van der Waals surface area contributed by atoms with Crippen LogP contribution in [0.15, 0.2) is 118 Å². The first-order chi connectivity index (χ1) is 26.1. The summed E-state index contributed by atoms with van der Waals surface area (Å²) in [7, 11) is 2.57. The Morgan fingerprint density at radius 3 is 1.31 bits per heavy atom. The second kappa shape index (κ2) is 20.8. The van der Waals surface area contributed by atoms with E-state index in [1.807, 2.05) is 50.2 Å². The number of fused-ring (bicyclic) bond motifs is 2. The van der Waals surface area contributed by atoms with Gasteiger partial charge in [-0.15, -0.1) is 26.2 Å². The van der Waals surface area contributed by atoms with Gasteiger partial charge in [0.15, 0.2) is 0 Å². The van der Waals surface area contributed by atoms with Crippen molar-refractivity contribution in [1.29, 1.82) is 0 Å². The monoisotopic (exact) mass is 880 g/mol. The van der Waals surface area contributed by atoms with Crippen LogP contribution in [0.1, 0.15) is 45.6 Å². The zero-order valence-corrected chi connectivity index (χ0v) is 36.4. The number of rotatable bonds is 12. The third-order valence-electron chi connectivity index (χ3n) is 8.51. The van der Waals surface area contributed by atoms with Gasteiger partial charge in [0.2, 0.25) is 20.0 Å². The number of ether oxygens (including phenoxy) is 2. The van der Waals surface area contributed by atoms with E-state index < -0.39 is 47.4 Å². The number of sulfonamides is 2. The molecule has 6 rings (SSSR count). The second-order valence-corrected chi connectivity index (χ2v) is 20.4. The first-order valence-electron chi connectivity index (χ1n) is 17.0. The van der Waals surface area contributed by atoms with Crippen molar-refractivity contribution in [3.63, 3.8) is 0 Å². The molecule has 0 radical (unpaired) electrons. The quantitative estimate of drug-likeness (QED) is 0.0909. The molecule has 0 fully saturated rings. The topological polar surface area (TPSA) is 207 Å². The molecule has 6 N–H and O–H groups in total. The first kappa shape index (κ1) is 44.5. The summed E-state index contributed by atoms with van der Waals surface area (Å²) in [6.07, 6.45) is 3.04. The molecule has 4 aromatic carbocycles. The number of primary sulfonamides is 2. The van der Waals surface area contributed by atoms with Crippen LogP contribution in [-0.4, -0.2) is 53.2 Å². The van der Waals surface area contributed by atoms with Gasteiger partial charge >= 0.3 is 34.5 Å². The Morgan fingerprint density at radius 1 is 0.636 bits per heavy atom. The number of aryl methyl sites for hydroxylation is 2. The number of hydrogen-bond donors (Lipinski definition) is 4. The van der Waals surface area contributed by atoms with E-state index in [0.29, 0.717) is 61.7 Å². The Hall–Kier alpha value is -3.18. The molecule has 2 aliphatic heterocycles. The summed E-state index contributed by atoms with van der Waals surface area (Å²) >= 11 is -0.931. The molecule has 2 aliphatic rings. The van der Waals surface area contributed by atoms with Crippen LogP contribution in [0.4, 0.5) is 0 Å². The fourth-order valence-electron chi connectivity index (χ4n) is 5.56. The molecule has 0 saturated carbocycles. The normalized spacial score (nSPS) is 15.9. The van der Waals surface area contributed by atoms with Gasteiger partial charge in [-0.25, -0.2) is 27.1 Å². The molecule has 4 aromatic rings. The molecule has 2 unspecified atom stereocenters. The summed E-state index contributed by atoms with van der Waals surface area (Å²) in [6.45, 7) is 5.81. The molecule has 2 heterocycles. The SMILES string of the molecule is Cc1ccc2c(c1)C(O)C(C[N-]CCc1ccc(S(N)(=O)=O)cc1)=CO2.Cc1ccc2c(c1)C(O)C(C[N-]CCc1ccc(S(N)(=O)=O)cc1)=CO2.[Cl][Zn][Cl]. The van der Waals surface area contributed by atoms with Gasteiger partial charge < -0.3 is 30.3 Å². The Bertz CT molecular complexity index is 2030. The van der Waals surface area contributed by atoms with Gasteiger partial charge in [-0.2, -0.15) is 0 Å². The van der Waals surface area contributed by atoms with Crippen molar-refractivity contribution >= 4 is 39.4 Å². The summed E-state index contributed by atoms with van der Waals surface area (Å²) in [5, 5.41) is 40.1. The molecular weight excluding hydrogens is 841 g/mol. The summed E-state index contributed by atoms with van der Waals surface area (Å²) < 4.78 is 56.1. The molecule has 0 aromatic heterocycles. The van der Waals surface area contributed by atoms with Gasteiger partial charge in [0.05, 0.1) is 22.3 Å². The minimum absolute atomic E-state index is 0.0970. The van der Waals surface area contributed by atoms with E-state index in [9.17, 15) is 27.0 Å². The van der Waals surface area contributed by atoms with Crippen molar-refractivity contribution in [1.82, 2.24) is 0 Å². The van der Waals surface area contributed by atoms with E-state index >= 15 is 0 Å². The predicted octanol–water partition coefficient (Wildman–Crippen LogP) is 6.51. The molecular formula is C38H42Cl2N4O8S2Zn-2. The molecule has 0 saturated heterocycles. The van der Waals surface area contributed by atoms with Crippen LogP contribution >= 0.6 is 19.4 Å². The Kier molecular flexibility index (Phi) is 16.9. The van der Waals surface area contributed by atoms with Crippen LogP contribution in [-0.2, 0) is 48.0 Å². The number of hydrogen-bond acceptors (Lipinski definition) is 8. The van der Waals surface area contributed by atoms with Crippen LogP contribution in [0, 0.1) is 13.8 Å². The molecule has 12 nitrogen and oxygen atoms in total. The van der Waals surface area contributed by atoms with Crippen molar-refractivity contribution in [2.45, 2.75) is 48.7 Å². The Morgan fingerprint density at radius 2 is 0.982 bits per heavy atom. The van der Waals surface area contributed by atoms with Gasteiger partial charge in [-0.1, -0.05) is 47.5 Å². The summed E-state index contributed by atoms with van der Waals surface area (Å²) in [5.41, 5.74) is 7.01. The van der Waals surface area contributed by atoms with Crippen molar-refractivity contribution < 1.29 is 51.7 Å². The van der Waals surface area contributed by atoms with Crippen LogP contribution in [0.25, 0.3) is 10.6 Å². The summed E-state index contributed by atoms with van der Waals surface area (Å²) in [5.74, 6) is 1.34. The number of nitrogens with two attached hydrogens (primary N) is 2. The number of aliphatic hydroxyl groups excluding tert-OH is 2. The average Bonchev–Trinajstić information content (AvgIpc) is 3.14. The fourth-order valence-corrected chi connectivity index (χ4v) is 6.59. The van der Waals surface area contributed by atoms with Crippen molar-refractivity contribution in [2.75, 3.05) is 26.2 Å². The molecule has 0 bridgehead atoms. The third-order valence-corrected chi connectivity index (χ3v) is 10.4. The zero-order valence-electron chi connectivity index (χ0n) is 30.3. The van der Waals surface area contributed by atoms with Gasteiger partial charge in [0.25, 0.3) is 0 Å². The van der Waals surface area contributed by atoms with E-state index in [0.717, 1.165) is 33.4 Å². The fraction of sp³-hybridized carbons (Fsp3) is 0.263. The second-order valence-electron chi connectivity index (χ2n) is 12.7. The molecule has 55 heavy (non-hydrogen) atoms. The maximum absolute atomic E-state index is 11.2. The molecule has 17 heteroatoms. The number of benzene rings is 4. The Labute approximate surface area is 338 Å². The van der Waals surface area contributed by atoms with Crippen molar-refractivity contribution in [3.8, 4) is 11.5 Å². The zero-order chi connectivity index (χ0) is 40.2. The predicted molar refractivity (Wildman–Crippen MR) is 211 cm³/mol. The van der Waals surface area contributed by atoms with E-state index in [1.165, 1.54) is 24.3 Å². The summed E-state index contributed by atoms with van der Waals surface area (Å²) in [4.78, 5) is 0.194. The maximum atomic E-state index is 11.2. The van der Waals surface area contributed by atoms with Crippen molar-refractivity contribution in [2.24, 2.45) is 10.3 Å². The van der Waals surface area contributed by atoms with Crippen LogP contribution in [0.5, 0.6) is 11.5 Å². The number of nitrogens with zero attached hydrogens (tertiary/aromatic N) is 2. The minimum atomic E-state index is -3.67. The van der Waals surface area contributed by atoms with Crippen LogP contribution in [0.3, 0.4) is 0 Å². The van der Waals surface area contributed by atoms with Crippen LogP contribution in [0.2, 0.25) is 0 Å². The molecule has 292 valence electrons. The molecule has 2 atom stereocenters. The van der Waals surface area contributed by atoms with E-state index in [4.69, 9.17) is 39.1 Å². The van der Waals surface area contributed by atoms with Gasteiger partial charge in [-0.05, 0) is 97.5 Å². The molecule has 0 amide bonds. The van der Waals surface area contributed by atoms with Gasteiger partial charge in [0.1, 0.15) is 23.7 Å². The standard InChI is InChI=1S/2C19H21N2O4S.2ClH.Zn/c2*1-13-2-7-18-17(10-13)19(22)15(12-25-18)11-21-9-8-14-3-5-16(6-4-14)26(20,23)24;;;/h2*2-7,10,12,19,22H,8-9,11H2,1H3,(H2,20,23,24);2*1H;/q2*-1;;;+2/p-2. The average molecular weight is 883 g/mol. The molecule has 0 spiro atoms. The van der Waals surface area contributed by atoms with Gasteiger partial charge in [-0.3, -0.25) is 0 Å². The molecule has 0 aliphatic carbocycles. The van der Waals surface area contributed by atoms with Gasteiger partial charge in [0, 0.05) is 11.1 Å². The number of aliphatic hydroxyl groups is 2. The van der Waals surface area contributed by atoms with E-state index in [-0.39, 0.29) is 9.79 Å². The van der Waals surface area contributed by atoms with E-state index in [2.05, 4.69) is 10.6 Å². The Balaban J connectivity index is 0.000000228. The van der Waals surface area contributed by atoms with Crippen LogP contribution < -0.4 is 19.8 Å². The summed E-state index contributed by atoms with van der Waals surface area (Å²) in [6, 6.07) is 24.3. The number of halogens is 2. The first-order valence-corrected chi connectivity index (χ1v) is 27.9. The third kappa shape index (κ3) is 13.5.